The lowest BCUT2D eigenvalue weighted by Gasteiger charge is -2.24. The van der Waals surface area contributed by atoms with Gasteiger partial charge in [0.05, 0.1) is 5.75 Å². The predicted molar refractivity (Wildman–Crippen MR) is 91.7 cm³/mol. The van der Waals surface area contributed by atoms with E-state index in [1.807, 2.05) is 13.8 Å². The van der Waals surface area contributed by atoms with E-state index in [0.717, 1.165) is 17.9 Å². The van der Waals surface area contributed by atoms with Crippen molar-refractivity contribution in [3.8, 4) is 0 Å². The van der Waals surface area contributed by atoms with Crippen LogP contribution in [0.5, 0.6) is 0 Å². The zero-order chi connectivity index (χ0) is 15.9. The highest BCUT2D eigenvalue weighted by Crippen LogP contribution is 2.19. The van der Waals surface area contributed by atoms with Crippen LogP contribution < -0.4 is 10.6 Å². The van der Waals surface area contributed by atoms with Crippen LogP contribution in [-0.2, 0) is 11.3 Å². The average Bonchev–Trinajstić information content (AvgIpc) is 2.43. The van der Waals surface area contributed by atoms with Gasteiger partial charge >= 0.3 is 0 Å². The van der Waals surface area contributed by atoms with Gasteiger partial charge in [0.1, 0.15) is 0 Å². The Morgan fingerprint density at radius 2 is 1.86 bits per heavy atom. The molecule has 0 radical (unpaired) electrons. The summed E-state index contributed by atoms with van der Waals surface area (Å²) in [5.41, 5.74) is 1.15. The minimum absolute atomic E-state index is 0.0948. The summed E-state index contributed by atoms with van der Waals surface area (Å²) in [7, 11) is 0. The van der Waals surface area contributed by atoms with E-state index in [0.29, 0.717) is 11.8 Å². The maximum atomic E-state index is 11.9. The summed E-state index contributed by atoms with van der Waals surface area (Å²) in [6.07, 6.45) is 0.932. The minimum Gasteiger partial charge on any atom is -0.351 e. The number of rotatable bonds is 8. The molecule has 2 N–H and O–H groups in total. The second-order valence-corrected chi connectivity index (χ2v) is 7.30. The highest BCUT2D eigenvalue weighted by atomic mass is 32.2. The van der Waals surface area contributed by atoms with Crippen molar-refractivity contribution in [2.45, 2.75) is 64.1 Å². The van der Waals surface area contributed by atoms with E-state index in [4.69, 9.17) is 0 Å². The van der Waals surface area contributed by atoms with Gasteiger partial charge in [0.15, 0.2) is 0 Å². The molecule has 1 aromatic rings. The molecule has 4 heteroatoms. The van der Waals surface area contributed by atoms with Crippen molar-refractivity contribution in [2.24, 2.45) is 0 Å². The third-order valence-electron chi connectivity index (χ3n) is 3.37. The van der Waals surface area contributed by atoms with Crippen molar-refractivity contribution in [3.63, 3.8) is 0 Å². The first-order valence-corrected chi connectivity index (χ1v) is 8.57. The third kappa shape index (κ3) is 7.53. The van der Waals surface area contributed by atoms with Gasteiger partial charge in [-0.1, -0.05) is 32.9 Å². The minimum atomic E-state index is -0.121. The van der Waals surface area contributed by atoms with Crippen LogP contribution in [0.4, 0.5) is 0 Å². The second-order valence-electron chi connectivity index (χ2n) is 6.25. The zero-order valence-electron chi connectivity index (χ0n) is 13.8. The normalized spacial score (nSPS) is 11.7. The number of hydrogen-bond donors (Lipinski definition) is 2. The van der Waals surface area contributed by atoms with Crippen LogP contribution >= 0.6 is 11.8 Å². The number of hydrogen-bond acceptors (Lipinski definition) is 3. The van der Waals surface area contributed by atoms with E-state index in [1.165, 1.54) is 5.56 Å². The Kier molecular flexibility index (Phi) is 7.26. The summed E-state index contributed by atoms with van der Waals surface area (Å²) in [6, 6.07) is 8.89. The van der Waals surface area contributed by atoms with Crippen LogP contribution in [0.25, 0.3) is 0 Å². The molecule has 0 atom stereocenters. The van der Waals surface area contributed by atoms with Crippen molar-refractivity contribution in [1.29, 1.82) is 0 Å². The average molecular weight is 308 g/mol. The summed E-state index contributed by atoms with van der Waals surface area (Å²) in [6.45, 7) is 11.3. The van der Waals surface area contributed by atoms with Crippen LogP contribution in [0.15, 0.2) is 29.2 Å². The van der Waals surface area contributed by atoms with Gasteiger partial charge in [-0.3, -0.25) is 4.79 Å². The topological polar surface area (TPSA) is 41.1 Å². The molecule has 0 aromatic heterocycles. The van der Waals surface area contributed by atoms with Gasteiger partial charge in [-0.05, 0) is 38.0 Å². The van der Waals surface area contributed by atoms with E-state index >= 15 is 0 Å². The first kappa shape index (κ1) is 18.1. The van der Waals surface area contributed by atoms with Crippen LogP contribution in [0.2, 0.25) is 0 Å². The van der Waals surface area contributed by atoms with E-state index < -0.39 is 0 Å². The Hall–Kier alpha value is -1.00. The molecule has 0 unspecified atom stereocenters. The Labute approximate surface area is 133 Å². The molecule has 21 heavy (non-hydrogen) atoms. The SMILES string of the molecule is CCC(C)(C)NC(=O)CSc1ccc(CNC(C)C)cc1. The summed E-state index contributed by atoms with van der Waals surface area (Å²) >= 11 is 1.58. The highest BCUT2D eigenvalue weighted by molar-refractivity contribution is 8.00. The van der Waals surface area contributed by atoms with Crippen molar-refractivity contribution in [2.75, 3.05) is 5.75 Å². The quantitative estimate of drug-likeness (QED) is 0.721. The molecule has 0 heterocycles. The molecule has 0 aliphatic rings. The number of carbonyl (C=O) groups excluding carboxylic acids is 1. The monoisotopic (exact) mass is 308 g/mol. The molecule has 1 aromatic carbocycles. The number of amides is 1. The first-order chi connectivity index (χ1) is 9.82. The molecule has 0 saturated heterocycles. The van der Waals surface area contributed by atoms with Gasteiger partial charge in [0, 0.05) is 23.0 Å². The fraction of sp³-hybridized carbons (Fsp3) is 0.588. The molecule has 0 spiro atoms. The number of carbonyl (C=O) groups is 1. The van der Waals surface area contributed by atoms with Crippen molar-refractivity contribution in [3.05, 3.63) is 29.8 Å². The van der Waals surface area contributed by atoms with Gasteiger partial charge in [0.25, 0.3) is 0 Å². The van der Waals surface area contributed by atoms with E-state index in [-0.39, 0.29) is 11.4 Å². The summed E-state index contributed by atoms with van der Waals surface area (Å²) in [5.74, 6) is 0.560. The molecule has 0 fully saturated rings. The van der Waals surface area contributed by atoms with Crippen LogP contribution in [-0.4, -0.2) is 23.2 Å². The number of nitrogens with one attached hydrogen (secondary N) is 2. The lowest BCUT2D eigenvalue weighted by atomic mass is 10.0. The maximum Gasteiger partial charge on any atom is 0.230 e. The smallest absolute Gasteiger partial charge is 0.230 e. The zero-order valence-corrected chi connectivity index (χ0v) is 14.6. The third-order valence-corrected chi connectivity index (χ3v) is 4.38. The molecule has 0 aliphatic carbocycles. The summed E-state index contributed by atoms with van der Waals surface area (Å²) < 4.78 is 0. The van der Waals surface area contributed by atoms with Crippen LogP contribution in [0.3, 0.4) is 0 Å². The van der Waals surface area contributed by atoms with Crippen LogP contribution in [0.1, 0.15) is 46.6 Å². The fourth-order valence-electron chi connectivity index (χ4n) is 1.68. The van der Waals surface area contributed by atoms with Crippen LogP contribution in [0, 0.1) is 0 Å². The standard InChI is InChI=1S/C17H28N2OS/c1-6-17(4,5)19-16(20)12-21-15-9-7-14(8-10-15)11-18-13(2)3/h7-10,13,18H,6,11-12H2,1-5H3,(H,19,20). The molecule has 1 rings (SSSR count). The van der Waals surface area contributed by atoms with Crippen molar-refractivity contribution >= 4 is 17.7 Å². The van der Waals surface area contributed by atoms with Gasteiger partial charge in [-0.25, -0.2) is 0 Å². The largest absolute Gasteiger partial charge is 0.351 e. The van der Waals surface area contributed by atoms with Gasteiger partial charge in [-0.2, -0.15) is 0 Å². The Morgan fingerprint density at radius 3 is 2.38 bits per heavy atom. The van der Waals surface area contributed by atoms with Gasteiger partial charge in [0.2, 0.25) is 5.91 Å². The maximum absolute atomic E-state index is 11.9. The lowest BCUT2D eigenvalue weighted by Crippen LogP contribution is -2.43. The van der Waals surface area contributed by atoms with E-state index in [1.54, 1.807) is 11.8 Å². The molecule has 0 aliphatic heterocycles. The second kappa shape index (κ2) is 8.44. The predicted octanol–water partition coefficient (Wildman–Crippen LogP) is 3.58. The van der Waals surface area contributed by atoms with Crippen molar-refractivity contribution in [1.82, 2.24) is 10.6 Å². The van der Waals surface area contributed by atoms with Gasteiger partial charge in [-0.15, -0.1) is 11.8 Å². The number of thioether (sulfide) groups is 1. The Balaban J connectivity index is 2.40. The summed E-state index contributed by atoms with van der Waals surface area (Å²) in [4.78, 5) is 13.0. The number of benzene rings is 1. The molecule has 0 bridgehead atoms. The Bertz CT molecular complexity index is 441. The molecular weight excluding hydrogens is 280 g/mol. The first-order valence-electron chi connectivity index (χ1n) is 7.58. The van der Waals surface area contributed by atoms with Gasteiger partial charge < -0.3 is 10.6 Å². The summed E-state index contributed by atoms with van der Waals surface area (Å²) in [5, 5.41) is 6.44. The van der Waals surface area contributed by atoms with E-state index in [9.17, 15) is 4.79 Å². The lowest BCUT2D eigenvalue weighted by molar-refractivity contribution is -0.120. The molecular formula is C17H28N2OS. The van der Waals surface area contributed by atoms with Crippen molar-refractivity contribution < 1.29 is 4.79 Å². The fourth-order valence-corrected chi connectivity index (χ4v) is 2.37. The highest BCUT2D eigenvalue weighted by Gasteiger charge is 2.17. The molecule has 0 saturated carbocycles. The molecule has 118 valence electrons. The Morgan fingerprint density at radius 1 is 1.24 bits per heavy atom. The van der Waals surface area contributed by atoms with E-state index in [2.05, 4.69) is 55.7 Å². The molecule has 1 amide bonds. The molecule has 3 nitrogen and oxygen atoms in total.